The van der Waals surface area contributed by atoms with Crippen molar-refractivity contribution < 1.29 is 14.3 Å². The Kier molecular flexibility index (Phi) is 3.83. The first kappa shape index (κ1) is 10.7. The van der Waals surface area contributed by atoms with E-state index in [0.29, 0.717) is 6.61 Å². The van der Waals surface area contributed by atoms with Crippen LogP contribution in [0.25, 0.3) is 0 Å². The fourth-order valence-corrected chi connectivity index (χ4v) is 2.18. The van der Waals surface area contributed by atoms with Gasteiger partial charge in [0, 0.05) is 6.61 Å². The fraction of sp³-hybridized carbons (Fsp3) is 0.909. The summed E-state index contributed by atoms with van der Waals surface area (Å²) in [6.07, 6.45) is 6.47. The van der Waals surface area contributed by atoms with Gasteiger partial charge in [-0.2, -0.15) is 0 Å². The van der Waals surface area contributed by atoms with E-state index in [1.54, 1.807) is 0 Å². The molecule has 1 aliphatic carbocycles. The van der Waals surface area contributed by atoms with Crippen LogP contribution < -0.4 is 5.32 Å². The second kappa shape index (κ2) is 5.35. The summed E-state index contributed by atoms with van der Waals surface area (Å²) >= 11 is 0. The Morgan fingerprint density at radius 1 is 1.20 bits per heavy atom. The number of hydrogen-bond acceptors (Lipinski definition) is 3. The van der Waals surface area contributed by atoms with E-state index in [-0.39, 0.29) is 18.2 Å². The Bertz CT molecular complexity index is 208. The first-order valence-corrected chi connectivity index (χ1v) is 5.89. The predicted octanol–water partition coefficient (Wildman–Crippen LogP) is 1.83. The molecular formula is C11H19NO3. The maximum absolute atomic E-state index is 11.5. The van der Waals surface area contributed by atoms with Crippen molar-refractivity contribution in [2.45, 2.75) is 50.7 Å². The Labute approximate surface area is 90.3 Å². The molecule has 15 heavy (non-hydrogen) atoms. The van der Waals surface area contributed by atoms with Gasteiger partial charge in [-0.25, -0.2) is 4.79 Å². The smallest absolute Gasteiger partial charge is 0.407 e. The van der Waals surface area contributed by atoms with Crippen LogP contribution in [0.4, 0.5) is 4.79 Å². The quantitative estimate of drug-likeness (QED) is 0.761. The van der Waals surface area contributed by atoms with E-state index in [2.05, 4.69) is 5.32 Å². The zero-order valence-electron chi connectivity index (χ0n) is 9.04. The number of rotatable bonds is 2. The maximum atomic E-state index is 11.5. The molecule has 1 heterocycles. The van der Waals surface area contributed by atoms with Crippen molar-refractivity contribution in [3.63, 3.8) is 0 Å². The van der Waals surface area contributed by atoms with Crippen molar-refractivity contribution >= 4 is 6.09 Å². The molecule has 1 saturated carbocycles. The summed E-state index contributed by atoms with van der Waals surface area (Å²) in [7, 11) is 0. The molecule has 1 N–H and O–H groups in total. The molecule has 1 aliphatic heterocycles. The van der Waals surface area contributed by atoms with Crippen LogP contribution in [-0.4, -0.2) is 31.5 Å². The largest absolute Gasteiger partial charge is 0.446 e. The van der Waals surface area contributed by atoms with E-state index in [9.17, 15) is 4.79 Å². The van der Waals surface area contributed by atoms with Gasteiger partial charge in [0.2, 0.25) is 0 Å². The third kappa shape index (κ3) is 3.38. The fourth-order valence-electron chi connectivity index (χ4n) is 2.18. The van der Waals surface area contributed by atoms with Crippen molar-refractivity contribution in [2.75, 3.05) is 13.2 Å². The number of alkyl carbamates (subject to hydrolysis) is 1. The number of carbonyl (C=O) groups excluding carboxylic acids is 1. The third-order valence-corrected chi connectivity index (χ3v) is 3.08. The monoisotopic (exact) mass is 213 g/mol. The van der Waals surface area contributed by atoms with Gasteiger partial charge in [-0.05, 0) is 32.1 Å². The Hall–Kier alpha value is -0.770. The first-order valence-electron chi connectivity index (χ1n) is 5.89. The van der Waals surface area contributed by atoms with E-state index >= 15 is 0 Å². The number of carbonyl (C=O) groups is 1. The maximum Gasteiger partial charge on any atom is 0.407 e. The summed E-state index contributed by atoms with van der Waals surface area (Å²) in [6.45, 7) is 1.37. The van der Waals surface area contributed by atoms with Crippen molar-refractivity contribution in [2.24, 2.45) is 0 Å². The first-order chi connectivity index (χ1) is 7.34. The molecule has 0 spiro atoms. The molecule has 4 heteroatoms. The van der Waals surface area contributed by atoms with Crippen molar-refractivity contribution in [3.8, 4) is 0 Å². The molecule has 0 radical (unpaired) electrons. The molecule has 1 saturated heterocycles. The van der Waals surface area contributed by atoms with Gasteiger partial charge in [-0.3, -0.25) is 0 Å². The van der Waals surface area contributed by atoms with Crippen molar-refractivity contribution in [1.29, 1.82) is 0 Å². The lowest BCUT2D eigenvalue weighted by molar-refractivity contribution is 0.0721. The minimum absolute atomic E-state index is 0.140. The number of hydrogen-bond donors (Lipinski definition) is 1. The highest BCUT2D eigenvalue weighted by atomic mass is 16.6. The molecule has 1 unspecified atom stereocenters. The highest BCUT2D eigenvalue weighted by Gasteiger charge is 2.21. The average Bonchev–Trinajstić information content (AvgIpc) is 2.71. The molecule has 0 aromatic heterocycles. The molecule has 1 amide bonds. The summed E-state index contributed by atoms with van der Waals surface area (Å²) in [5.41, 5.74) is 0. The summed E-state index contributed by atoms with van der Waals surface area (Å²) in [6, 6.07) is 0.154. The van der Waals surface area contributed by atoms with E-state index in [0.717, 1.165) is 25.9 Å². The van der Waals surface area contributed by atoms with Crippen LogP contribution in [0, 0.1) is 0 Å². The van der Waals surface area contributed by atoms with E-state index in [1.807, 2.05) is 0 Å². The summed E-state index contributed by atoms with van der Waals surface area (Å²) < 4.78 is 10.5. The molecule has 2 aliphatic rings. The highest BCUT2D eigenvalue weighted by Crippen LogP contribution is 2.20. The molecule has 2 rings (SSSR count). The van der Waals surface area contributed by atoms with Gasteiger partial charge in [0.1, 0.15) is 6.10 Å². The molecule has 2 fully saturated rings. The Morgan fingerprint density at radius 2 is 2.00 bits per heavy atom. The lowest BCUT2D eigenvalue weighted by Crippen LogP contribution is -2.37. The molecule has 1 atom stereocenters. The number of amides is 1. The van der Waals surface area contributed by atoms with E-state index in [4.69, 9.17) is 9.47 Å². The van der Waals surface area contributed by atoms with Crippen LogP contribution in [0.1, 0.15) is 38.5 Å². The average molecular weight is 213 g/mol. The highest BCUT2D eigenvalue weighted by molar-refractivity contribution is 5.67. The van der Waals surface area contributed by atoms with Gasteiger partial charge in [0.15, 0.2) is 0 Å². The minimum atomic E-state index is -0.266. The molecule has 0 aromatic carbocycles. The number of ether oxygens (including phenoxy) is 2. The van der Waals surface area contributed by atoms with Crippen LogP contribution in [0.15, 0.2) is 0 Å². The van der Waals surface area contributed by atoms with Gasteiger partial charge in [-0.1, -0.05) is 6.42 Å². The van der Waals surface area contributed by atoms with Crippen molar-refractivity contribution in [1.82, 2.24) is 5.32 Å². The Morgan fingerprint density at radius 3 is 2.67 bits per heavy atom. The normalized spacial score (nSPS) is 27.6. The van der Waals surface area contributed by atoms with Crippen LogP contribution in [0.3, 0.4) is 0 Å². The molecule has 0 aromatic rings. The summed E-state index contributed by atoms with van der Waals surface area (Å²) in [4.78, 5) is 11.5. The zero-order valence-corrected chi connectivity index (χ0v) is 9.04. The molecule has 86 valence electrons. The molecule has 4 nitrogen and oxygen atoms in total. The second-order valence-electron chi connectivity index (χ2n) is 4.37. The van der Waals surface area contributed by atoms with E-state index < -0.39 is 0 Å². The Balaban J connectivity index is 1.66. The minimum Gasteiger partial charge on any atom is -0.446 e. The lowest BCUT2D eigenvalue weighted by Gasteiger charge is -2.22. The molecule has 0 bridgehead atoms. The van der Waals surface area contributed by atoms with Gasteiger partial charge < -0.3 is 14.8 Å². The standard InChI is InChI=1S/C11H19NO3/c13-11(12-9-6-7-14-8-9)15-10-4-2-1-3-5-10/h9-10H,1-8H2,(H,12,13). The van der Waals surface area contributed by atoms with Crippen LogP contribution in [0.2, 0.25) is 0 Å². The SMILES string of the molecule is O=C(NC1CCOC1)OC1CCCCC1. The van der Waals surface area contributed by atoms with Gasteiger partial charge in [0.05, 0.1) is 12.6 Å². The van der Waals surface area contributed by atoms with Gasteiger partial charge in [-0.15, -0.1) is 0 Å². The predicted molar refractivity (Wildman–Crippen MR) is 55.7 cm³/mol. The lowest BCUT2D eigenvalue weighted by atomic mass is 9.98. The van der Waals surface area contributed by atoms with E-state index in [1.165, 1.54) is 19.3 Å². The van der Waals surface area contributed by atoms with Gasteiger partial charge in [0.25, 0.3) is 0 Å². The molecular weight excluding hydrogens is 194 g/mol. The van der Waals surface area contributed by atoms with Gasteiger partial charge >= 0.3 is 6.09 Å². The second-order valence-corrected chi connectivity index (χ2v) is 4.37. The third-order valence-electron chi connectivity index (χ3n) is 3.08. The summed E-state index contributed by atoms with van der Waals surface area (Å²) in [5.74, 6) is 0. The zero-order chi connectivity index (χ0) is 10.5. The van der Waals surface area contributed by atoms with Crippen LogP contribution in [0.5, 0.6) is 0 Å². The van der Waals surface area contributed by atoms with Crippen molar-refractivity contribution in [3.05, 3.63) is 0 Å². The van der Waals surface area contributed by atoms with Crippen LogP contribution >= 0.6 is 0 Å². The number of nitrogens with one attached hydrogen (secondary N) is 1. The summed E-state index contributed by atoms with van der Waals surface area (Å²) in [5, 5.41) is 2.84. The topological polar surface area (TPSA) is 47.6 Å². The van der Waals surface area contributed by atoms with Crippen LogP contribution in [-0.2, 0) is 9.47 Å².